The number of anilines is 1. The molecule has 3 rings (SSSR count). The molecule has 5 heteroatoms. The van der Waals surface area contributed by atoms with Crippen molar-refractivity contribution in [1.29, 1.82) is 0 Å². The van der Waals surface area contributed by atoms with Crippen molar-refractivity contribution in [2.24, 2.45) is 5.92 Å². The van der Waals surface area contributed by atoms with Crippen molar-refractivity contribution in [1.82, 2.24) is 9.97 Å². The Morgan fingerprint density at radius 1 is 1.25 bits per heavy atom. The van der Waals surface area contributed by atoms with Crippen molar-refractivity contribution in [3.05, 3.63) is 12.3 Å². The SMILES string of the molecule is CC1CCC(Nc2nccc(OC3CCOC3)n2)CC1. The number of hydrogen-bond donors (Lipinski definition) is 1. The topological polar surface area (TPSA) is 56.3 Å². The molecule has 0 aromatic carbocycles. The minimum absolute atomic E-state index is 0.133. The Morgan fingerprint density at radius 2 is 2.10 bits per heavy atom. The lowest BCUT2D eigenvalue weighted by Crippen LogP contribution is -2.26. The largest absolute Gasteiger partial charge is 0.472 e. The second-order valence-electron chi connectivity index (χ2n) is 5.92. The third-order valence-electron chi connectivity index (χ3n) is 4.15. The molecule has 1 N–H and O–H groups in total. The quantitative estimate of drug-likeness (QED) is 0.917. The minimum Gasteiger partial charge on any atom is -0.472 e. The lowest BCUT2D eigenvalue weighted by molar-refractivity contribution is 0.138. The molecule has 1 unspecified atom stereocenters. The Bertz CT molecular complexity index is 427. The van der Waals surface area contributed by atoms with Crippen LogP contribution >= 0.6 is 0 Å². The van der Waals surface area contributed by atoms with Gasteiger partial charge < -0.3 is 14.8 Å². The van der Waals surface area contributed by atoms with Gasteiger partial charge >= 0.3 is 0 Å². The first kappa shape index (κ1) is 13.6. The number of nitrogens with zero attached hydrogens (tertiary/aromatic N) is 2. The molecule has 5 nitrogen and oxygen atoms in total. The third kappa shape index (κ3) is 3.60. The van der Waals surface area contributed by atoms with E-state index in [9.17, 15) is 0 Å². The van der Waals surface area contributed by atoms with Crippen molar-refractivity contribution >= 4 is 5.95 Å². The van der Waals surface area contributed by atoms with E-state index in [1.54, 1.807) is 6.20 Å². The van der Waals surface area contributed by atoms with Gasteiger partial charge in [-0.2, -0.15) is 4.98 Å². The fourth-order valence-corrected chi connectivity index (χ4v) is 2.84. The molecule has 1 aromatic heterocycles. The molecule has 110 valence electrons. The average Bonchev–Trinajstić information content (AvgIpc) is 2.95. The number of aromatic nitrogens is 2. The normalized spacial score (nSPS) is 30.1. The smallest absolute Gasteiger partial charge is 0.226 e. The standard InChI is InChI=1S/C15H23N3O2/c1-11-2-4-12(5-3-11)17-15-16-8-6-14(18-15)20-13-7-9-19-10-13/h6,8,11-13H,2-5,7,9-10H2,1H3,(H,16,17,18). The second-order valence-corrected chi connectivity index (χ2v) is 5.92. The Morgan fingerprint density at radius 3 is 2.85 bits per heavy atom. The first-order valence-electron chi connectivity index (χ1n) is 7.63. The summed E-state index contributed by atoms with van der Waals surface area (Å²) in [6.45, 7) is 3.76. The number of nitrogens with one attached hydrogen (secondary N) is 1. The minimum atomic E-state index is 0.133. The zero-order valence-corrected chi connectivity index (χ0v) is 12.0. The molecule has 1 aliphatic heterocycles. The van der Waals surface area contributed by atoms with Crippen LogP contribution in [0.4, 0.5) is 5.95 Å². The van der Waals surface area contributed by atoms with Crippen LogP contribution in [0.3, 0.4) is 0 Å². The van der Waals surface area contributed by atoms with Crippen LogP contribution in [-0.4, -0.2) is 35.3 Å². The molecule has 20 heavy (non-hydrogen) atoms. The molecule has 1 saturated carbocycles. The highest BCUT2D eigenvalue weighted by Crippen LogP contribution is 2.25. The summed E-state index contributed by atoms with van der Waals surface area (Å²) >= 11 is 0. The summed E-state index contributed by atoms with van der Waals surface area (Å²) < 4.78 is 11.1. The van der Waals surface area contributed by atoms with Gasteiger partial charge in [-0.25, -0.2) is 4.98 Å². The van der Waals surface area contributed by atoms with E-state index in [1.807, 2.05) is 6.07 Å². The molecule has 0 bridgehead atoms. The maximum absolute atomic E-state index is 5.81. The summed E-state index contributed by atoms with van der Waals surface area (Å²) in [4.78, 5) is 8.74. The van der Waals surface area contributed by atoms with E-state index in [-0.39, 0.29) is 6.10 Å². The molecule has 2 aliphatic rings. The van der Waals surface area contributed by atoms with E-state index in [1.165, 1.54) is 25.7 Å². The van der Waals surface area contributed by atoms with Crippen LogP contribution in [-0.2, 0) is 4.74 Å². The van der Waals surface area contributed by atoms with Crippen LogP contribution < -0.4 is 10.1 Å². The summed E-state index contributed by atoms with van der Waals surface area (Å²) in [6, 6.07) is 2.31. The van der Waals surface area contributed by atoms with Crippen LogP contribution in [0.2, 0.25) is 0 Å². The van der Waals surface area contributed by atoms with Gasteiger partial charge in [0.15, 0.2) is 0 Å². The Hall–Kier alpha value is -1.36. The fraction of sp³-hybridized carbons (Fsp3) is 0.733. The molecule has 2 fully saturated rings. The van der Waals surface area contributed by atoms with Gasteiger partial charge in [0.25, 0.3) is 0 Å². The molecule has 1 aliphatic carbocycles. The zero-order valence-electron chi connectivity index (χ0n) is 12.0. The molecule has 0 amide bonds. The lowest BCUT2D eigenvalue weighted by atomic mass is 9.87. The van der Waals surface area contributed by atoms with Gasteiger partial charge in [-0.15, -0.1) is 0 Å². The van der Waals surface area contributed by atoms with Gasteiger partial charge in [0.1, 0.15) is 6.10 Å². The van der Waals surface area contributed by atoms with E-state index in [0.717, 1.165) is 18.9 Å². The first-order valence-corrected chi connectivity index (χ1v) is 7.63. The first-order chi connectivity index (χ1) is 9.79. The van der Waals surface area contributed by atoms with Gasteiger partial charge in [0.2, 0.25) is 11.8 Å². The van der Waals surface area contributed by atoms with Crippen molar-refractivity contribution in [3.8, 4) is 5.88 Å². The highest BCUT2D eigenvalue weighted by atomic mass is 16.5. The Balaban J connectivity index is 1.56. The van der Waals surface area contributed by atoms with Gasteiger partial charge in [-0.05, 0) is 31.6 Å². The summed E-state index contributed by atoms with van der Waals surface area (Å²) in [7, 11) is 0. The van der Waals surface area contributed by atoms with Crippen LogP contribution in [0.15, 0.2) is 12.3 Å². The Kier molecular flexibility index (Phi) is 4.35. The van der Waals surface area contributed by atoms with E-state index in [0.29, 0.717) is 24.5 Å². The van der Waals surface area contributed by atoms with Crippen LogP contribution in [0.5, 0.6) is 5.88 Å². The van der Waals surface area contributed by atoms with Crippen molar-refractivity contribution in [3.63, 3.8) is 0 Å². The zero-order chi connectivity index (χ0) is 13.8. The molecule has 1 atom stereocenters. The summed E-state index contributed by atoms with van der Waals surface area (Å²) in [5, 5.41) is 3.43. The summed E-state index contributed by atoms with van der Waals surface area (Å²) in [5.41, 5.74) is 0. The summed E-state index contributed by atoms with van der Waals surface area (Å²) in [6.07, 6.45) is 7.80. The highest BCUT2D eigenvalue weighted by Gasteiger charge is 2.20. The third-order valence-corrected chi connectivity index (χ3v) is 4.15. The predicted octanol–water partition coefficient (Wildman–Crippen LogP) is 2.63. The number of ether oxygens (including phenoxy) is 2. The maximum atomic E-state index is 5.81. The van der Waals surface area contributed by atoms with Crippen molar-refractivity contribution in [2.75, 3.05) is 18.5 Å². The van der Waals surface area contributed by atoms with Gasteiger partial charge in [-0.3, -0.25) is 0 Å². The molecule has 2 heterocycles. The molecule has 0 radical (unpaired) electrons. The van der Waals surface area contributed by atoms with Crippen LogP contribution in [0, 0.1) is 5.92 Å². The molecule has 0 spiro atoms. The molecular weight excluding hydrogens is 254 g/mol. The van der Waals surface area contributed by atoms with Crippen LogP contribution in [0.1, 0.15) is 39.0 Å². The van der Waals surface area contributed by atoms with E-state index in [4.69, 9.17) is 9.47 Å². The maximum Gasteiger partial charge on any atom is 0.226 e. The van der Waals surface area contributed by atoms with Gasteiger partial charge in [0.05, 0.1) is 13.2 Å². The number of hydrogen-bond acceptors (Lipinski definition) is 5. The Labute approximate surface area is 120 Å². The van der Waals surface area contributed by atoms with E-state index in [2.05, 4.69) is 22.2 Å². The van der Waals surface area contributed by atoms with E-state index >= 15 is 0 Å². The molecule has 1 saturated heterocycles. The highest BCUT2D eigenvalue weighted by molar-refractivity contribution is 5.29. The predicted molar refractivity (Wildman–Crippen MR) is 76.9 cm³/mol. The molecule has 1 aromatic rings. The van der Waals surface area contributed by atoms with Crippen LogP contribution in [0.25, 0.3) is 0 Å². The van der Waals surface area contributed by atoms with E-state index < -0.39 is 0 Å². The second kappa shape index (κ2) is 6.39. The number of rotatable bonds is 4. The van der Waals surface area contributed by atoms with Crippen molar-refractivity contribution in [2.45, 2.75) is 51.2 Å². The monoisotopic (exact) mass is 277 g/mol. The molecular formula is C15H23N3O2. The fourth-order valence-electron chi connectivity index (χ4n) is 2.84. The van der Waals surface area contributed by atoms with Gasteiger partial charge in [-0.1, -0.05) is 6.92 Å². The lowest BCUT2D eigenvalue weighted by Gasteiger charge is -2.26. The van der Waals surface area contributed by atoms with Gasteiger partial charge in [0, 0.05) is 24.7 Å². The average molecular weight is 277 g/mol. The summed E-state index contributed by atoms with van der Waals surface area (Å²) in [5.74, 6) is 2.18. The van der Waals surface area contributed by atoms with Crippen molar-refractivity contribution < 1.29 is 9.47 Å².